The standard InChI is InChI=1S/C43H74O12/c1-35(25-27-53-29-30-54-33-38(45)21-19-26-52-28-31-55-34-40(47)43(2,3)4)39(46)24-23-36(42(50)51)32-37(44)20-17-15-13-11-9-7-5-6-8-10-12-14-16-18-22-41(48)49/h36H,1,5-34H2,2-4H3,(H,48,49)(H,50,51)/t36-/m1/s1. The molecule has 12 nitrogen and oxygen atoms in total. The molecule has 0 rings (SSSR count). The van der Waals surface area contributed by atoms with Crippen LogP contribution in [0.4, 0.5) is 0 Å². The molecular formula is C43H74O12. The number of carbonyl (C=O) groups is 6. The maximum absolute atomic E-state index is 12.5. The van der Waals surface area contributed by atoms with Gasteiger partial charge in [-0.1, -0.05) is 104 Å². The molecule has 318 valence electrons. The number of ether oxygens (including phenoxy) is 4. The van der Waals surface area contributed by atoms with Crippen LogP contribution in [0, 0.1) is 11.3 Å². The molecule has 0 aliphatic heterocycles. The minimum absolute atomic E-state index is 0.0141. The van der Waals surface area contributed by atoms with Crippen molar-refractivity contribution in [3.63, 3.8) is 0 Å². The van der Waals surface area contributed by atoms with Gasteiger partial charge in [0, 0.05) is 44.1 Å². The minimum Gasteiger partial charge on any atom is -0.481 e. The fourth-order valence-corrected chi connectivity index (χ4v) is 5.68. The van der Waals surface area contributed by atoms with Crippen LogP contribution in [0.5, 0.6) is 0 Å². The van der Waals surface area contributed by atoms with Crippen LogP contribution in [-0.4, -0.2) is 98.1 Å². The van der Waals surface area contributed by atoms with E-state index in [0.717, 1.165) is 44.9 Å². The molecule has 2 N–H and O–H groups in total. The van der Waals surface area contributed by atoms with Crippen LogP contribution in [0.25, 0.3) is 0 Å². The molecule has 0 amide bonds. The van der Waals surface area contributed by atoms with Gasteiger partial charge in [0.1, 0.15) is 19.0 Å². The number of carboxylic acids is 2. The summed E-state index contributed by atoms with van der Waals surface area (Å²) in [6.45, 7) is 11.2. The van der Waals surface area contributed by atoms with Crippen molar-refractivity contribution >= 4 is 35.1 Å². The van der Waals surface area contributed by atoms with Gasteiger partial charge in [-0.3, -0.25) is 28.8 Å². The summed E-state index contributed by atoms with van der Waals surface area (Å²) in [7, 11) is 0. The van der Waals surface area contributed by atoms with E-state index in [9.17, 15) is 33.9 Å². The summed E-state index contributed by atoms with van der Waals surface area (Å²) in [6, 6.07) is 0. The average Bonchev–Trinajstić information content (AvgIpc) is 3.12. The van der Waals surface area contributed by atoms with Crippen molar-refractivity contribution in [1.82, 2.24) is 0 Å². The molecule has 0 saturated carbocycles. The van der Waals surface area contributed by atoms with Crippen LogP contribution in [0.2, 0.25) is 0 Å². The van der Waals surface area contributed by atoms with Crippen LogP contribution in [0.15, 0.2) is 12.2 Å². The molecule has 0 aliphatic rings. The second-order valence-electron chi connectivity index (χ2n) is 15.6. The molecule has 0 heterocycles. The van der Waals surface area contributed by atoms with Crippen LogP contribution < -0.4 is 0 Å². The lowest BCUT2D eigenvalue weighted by Gasteiger charge is -2.16. The van der Waals surface area contributed by atoms with E-state index < -0.39 is 23.3 Å². The van der Waals surface area contributed by atoms with Crippen molar-refractivity contribution in [2.75, 3.05) is 52.9 Å². The monoisotopic (exact) mass is 783 g/mol. The molecule has 0 saturated heterocycles. The summed E-state index contributed by atoms with van der Waals surface area (Å²) in [5, 5.41) is 18.3. The Morgan fingerprint density at radius 3 is 1.47 bits per heavy atom. The van der Waals surface area contributed by atoms with E-state index in [1.54, 1.807) is 0 Å². The second kappa shape index (κ2) is 34.4. The maximum atomic E-state index is 12.5. The van der Waals surface area contributed by atoms with Crippen molar-refractivity contribution in [2.45, 2.75) is 162 Å². The van der Waals surface area contributed by atoms with Gasteiger partial charge in [0.15, 0.2) is 17.3 Å². The Morgan fingerprint density at radius 1 is 0.509 bits per heavy atom. The van der Waals surface area contributed by atoms with E-state index in [2.05, 4.69) is 6.58 Å². The SMILES string of the molecule is C=C(CCOCCOCC(=O)CCCOCCOCC(=O)C(C)(C)C)C(=O)CC[C@H](CC(=O)CCCCCCCCCCCCCCCCC(=O)O)C(=O)O. The fourth-order valence-electron chi connectivity index (χ4n) is 5.68. The third-order valence-electron chi connectivity index (χ3n) is 9.40. The van der Waals surface area contributed by atoms with E-state index in [0.29, 0.717) is 51.1 Å². The highest BCUT2D eigenvalue weighted by molar-refractivity contribution is 5.95. The van der Waals surface area contributed by atoms with Gasteiger partial charge in [0.25, 0.3) is 0 Å². The van der Waals surface area contributed by atoms with Crippen molar-refractivity contribution in [3.8, 4) is 0 Å². The summed E-state index contributed by atoms with van der Waals surface area (Å²) in [6.07, 6.45) is 17.2. The molecule has 0 radical (unpaired) electrons. The highest BCUT2D eigenvalue weighted by Crippen LogP contribution is 2.19. The van der Waals surface area contributed by atoms with E-state index >= 15 is 0 Å². The van der Waals surface area contributed by atoms with Crippen molar-refractivity contribution in [2.24, 2.45) is 11.3 Å². The number of ketones is 4. The highest BCUT2D eigenvalue weighted by Gasteiger charge is 2.23. The van der Waals surface area contributed by atoms with Gasteiger partial charge >= 0.3 is 11.9 Å². The maximum Gasteiger partial charge on any atom is 0.306 e. The van der Waals surface area contributed by atoms with Crippen LogP contribution in [0.1, 0.15) is 162 Å². The Morgan fingerprint density at radius 2 is 0.964 bits per heavy atom. The van der Waals surface area contributed by atoms with E-state index in [-0.39, 0.29) is 81.9 Å². The Balaban J connectivity index is 3.79. The van der Waals surface area contributed by atoms with Gasteiger partial charge in [-0.05, 0) is 37.7 Å². The molecule has 0 fully saturated rings. The smallest absolute Gasteiger partial charge is 0.306 e. The van der Waals surface area contributed by atoms with Crippen molar-refractivity contribution < 1.29 is 57.9 Å². The Bertz CT molecular complexity index is 1090. The van der Waals surface area contributed by atoms with Gasteiger partial charge in [0.05, 0.1) is 39.0 Å². The van der Waals surface area contributed by atoms with Crippen LogP contribution in [0.3, 0.4) is 0 Å². The number of rotatable bonds is 41. The number of hydrogen-bond donors (Lipinski definition) is 2. The topological polar surface area (TPSA) is 180 Å². The normalized spacial score (nSPS) is 12.1. The van der Waals surface area contributed by atoms with Crippen LogP contribution in [-0.2, 0) is 47.7 Å². The second-order valence-corrected chi connectivity index (χ2v) is 15.6. The first kappa shape index (κ1) is 52.2. The summed E-state index contributed by atoms with van der Waals surface area (Å²) < 4.78 is 21.6. The van der Waals surface area contributed by atoms with Gasteiger partial charge in [0.2, 0.25) is 0 Å². The van der Waals surface area contributed by atoms with E-state index in [1.165, 1.54) is 44.9 Å². The number of aliphatic carboxylic acids is 2. The lowest BCUT2D eigenvalue weighted by Crippen LogP contribution is -2.25. The molecule has 0 aromatic rings. The molecule has 55 heavy (non-hydrogen) atoms. The van der Waals surface area contributed by atoms with Gasteiger partial charge in [-0.25, -0.2) is 0 Å². The zero-order chi connectivity index (χ0) is 41.2. The van der Waals surface area contributed by atoms with Crippen molar-refractivity contribution in [1.29, 1.82) is 0 Å². The summed E-state index contributed by atoms with van der Waals surface area (Å²) in [4.78, 5) is 71.0. The predicted octanol–water partition coefficient (Wildman–Crippen LogP) is 8.30. The first-order chi connectivity index (χ1) is 26.2. The zero-order valence-electron chi connectivity index (χ0n) is 34.5. The van der Waals surface area contributed by atoms with Crippen molar-refractivity contribution in [3.05, 3.63) is 12.2 Å². The first-order valence-corrected chi connectivity index (χ1v) is 20.8. The number of carbonyl (C=O) groups excluding carboxylic acids is 4. The molecule has 0 aromatic carbocycles. The van der Waals surface area contributed by atoms with Crippen LogP contribution >= 0.6 is 0 Å². The Kier molecular flexibility index (Phi) is 32.7. The third-order valence-corrected chi connectivity index (χ3v) is 9.40. The summed E-state index contributed by atoms with van der Waals surface area (Å²) in [5.74, 6) is -2.98. The lowest BCUT2D eigenvalue weighted by molar-refractivity contribution is -0.144. The predicted molar refractivity (Wildman–Crippen MR) is 212 cm³/mol. The number of carboxylic acid groups (broad SMARTS) is 2. The largest absolute Gasteiger partial charge is 0.481 e. The first-order valence-electron chi connectivity index (χ1n) is 20.8. The zero-order valence-corrected chi connectivity index (χ0v) is 34.5. The average molecular weight is 783 g/mol. The number of hydrogen-bond acceptors (Lipinski definition) is 10. The van der Waals surface area contributed by atoms with Gasteiger partial charge in [-0.2, -0.15) is 0 Å². The molecule has 0 unspecified atom stereocenters. The Hall–Kier alpha value is -2.80. The quantitative estimate of drug-likeness (QED) is 0.0448. The van der Waals surface area contributed by atoms with E-state index in [1.807, 2.05) is 20.8 Å². The number of Topliss-reactive ketones (excluding diaryl/α,β-unsaturated/α-hetero) is 4. The Labute approximate surface area is 330 Å². The minimum atomic E-state index is -1.06. The lowest BCUT2D eigenvalue weighted by atomic mass is 9.91. The van der Waals surface area contributed by atoms with Gasteiger partial charge in [-0.15, -0.1) is 0 Å². The highest BCUT2D eigenvalue weighted by atomic mass is 16.5. The summed E-state index contributed by atoms with van der Waals surface area (Å²) in [5.41, 5.74) is -0.0776. The van der Waals surface area contributed by atoms with E-state index in [4.69, 9.17) is 24.1 Å². The molecule has 1 atom stereocenters. The molecule has 0 spiro atoms. The molecule has 0 bridgehead atoms. The number of unbranched alkanes of at least 4 members (excludes halogenated alkanes) is 13. The molecular weight excluding hydrogens is 708 g/mol. The van der Waals surface area contributed by atoms with Gasteiger partial charge < -0.3 is 29.2 Å². The molecule has 0 aromatic heterocycles. The molecule has 0 aliphatic carbocycles. The third kappa shape index (κ3) is 34.2. The fraction of sp³-hybridized carbons (Fsp3) is 0.814. The molecule has 12 heteroatoms. The summed E-state index contributed by atoms with van der Waals surface area (Å²) >= 11 is 0.